The van der Waals surface area contributed by atoms with E-state index in [1.807, 2.05) is 25.1 Å². The smallest absolute Gasteiger partial charge is 0.336 e. The fourth-order valence-corrected chi connectivity index (χ4v) is 5.75. The maximum atomic E-state index is 13.8. The summed E-state index contributed by atoms with van der Waals surface area (Å²) in [4.78, 5) is 31.5. The summed E-state index contributed by atoms with van der Waals surface area (Å²) in [7, 11) is 4.47. The summed E-state index contributed by atoms with van der Waals surface area (Å²) < 4.78 is 22.0. The first kappa shape index (κ1) is 26.7. The van der Waals surface area contributed by atoms with E-state index < -0.39 is 17.8 Å². The van der Waals surface area contributed by atoms with Crippen molar-refractivity contribution in [3.63, 3.8) is 0 Å². The quantitative estimate of drug-likeness (QED) is 0.448. The first-order chi connectivity index (χ1) is 17.7. The summed E-state index contributed by atoms with van der Waals surface area (Å²) in [5.41, 5.74) is 3.16. The summed E-state index contributed by atoms with van der Waals surface area (Å²) in [5, 5.41) is 10.5. The van der Waals surface area contributed by atoms with E-state index in [0.717, 1.165) is 5.56 Å². The van der Waals surface area contributed by atoms with Crippen molar-refractivity contribution >= 4 is 33.4 Å². The van der Waals surface area contributed by atoms with Gasteiger partial charge in [-0.05, 0) is 77.5 Å². The van der Waals surface area contributed by atoms with E-state index in [1.165, 1.54) is 7.11 Å². The Hall–Kier alpha value is -3.33. The third kappa shape index (κ3) is 4.97. The van der Waals surface area contributed by atoms with Crippen molar-refractivity contribution in [1.82, 2.24) is 0 Å². The molecule has 0 radical (unpaired) electrons. The molecule has 0 spiro atoms. The van der Waals surface area contributed by atoms with Gasteiger partial charge in [0.05, 0.1) is 43.9 Å². The van der Waals surface area contributed by atoms with Gasteiger partial charge in [-0.2, -0.15) is 0 Å². The first-order valence-electron chi connectivity index (χ1n) is 12.0. The third-order valence-corrected chi connectivity index (χ3v) is 7.55. The van der Waals surface area contributed by atoms with Crippen LogP contribution >= 0.6 is 15.9 Å². The number of hydrogen-bond acceptors (Lipinski definition) is 8. The zero-order valence-corrected chi connectivity index (χ0v) is 23.0. The number of ketones is 1. The zero-order valence-electron chi connectivity index (χ0n) is 21.5. The molecule has 37 heavy (non-hydrogen) atoms. The predicted molar refractivity (Wildman–Crippen MR) is 142 cm³/mol. The number of hydrogen-bond donors (Lipinski definition) is 1. The molecule has 1 saturated carbocycles. The van der Waals surface area contributed by atoms with Gasteiger partial charge in [0, 0.05) is 23.7 Å². The van der Waals surface area contributed by atoms with Gasteiger partial charge in [-0.15, -0.1) is 0 Å². The number of halogens is 1. The minimum atomic E-state index is -0.639. The van der Waals surface area contributed by atoms with Crippen LogP contribution in [-0.4, -0.2) is 50.5 Å². The van der Waals surface area contributed by atoms with E-state index in [4.69, 9.17) is 23.9 Å². The third-order valence-electron chi connectivity index (χ3n) is 6.95. The van der Waals surface area contributed by atoms with Crippen LogP contribution in [0.2, 0.25) is 0 Å². The van der Waals surface area contributed by atoms with Gasteiger partial charge >= 0.3 is 5.97 Å². The van der Waals surface area contributed by atoms with E-state index in [1.54, 1.807) is 33.3 Å². The van der Waals surface area contributed by atoms with Crippen molar-refractivity contribution in [1.29, 1.82) is 0 Å². The van der Waals surface area contributed by atoms with Gasteiger partial charge in [-0.1, -0.05) is 6.07 Å². The fourth-order valence-electron chi connectivity index (χ4n) is 5.29. The Labute approximate surface area is 224 Å². The number of esters is 1. The lowest BCUT2D eigenvalue weighted by Crippen LogP contribution is -2.41. The van der Waals surface area contributed by atoms with Gasteiger partial charge in [-0.25, -0.2) is 4.79 Å². The molecular weight excluding hydrogens is 542 g/mol. The second kappa shape index (κ2) is 11.0. The molecule has 1 heterocycles. The molecule has 0 aromatic heterocycles. The Morgan fingerprint density at radius 2 is 1.73 bits per heavy atom. The van der Waals surface area contributed by atoms with Crippen LogP contribution in [0.1, 0.15) is 49.7 Å². The molecule has 1 unspecified atom stereocenters. The highest BCUT2D eigenvalue weighted by atomic mass is 79.9. The molecule has 1 N–H and O–H groups in total. The number of phenols is 1. The molecule has 2 aromatic carbocycles. The number of benzene rings is 2. The van der Waals surface area contributed by atoms with E-state index in [2.05, 4.69) is 15.9 Å². The van der Waals surface area contributed by atoms with E-state index in [9.17, 15) is 14.7 Å². The van der Waals surface area contributed by atoms with Crippen molar-refractivity contribution in [3.8, 4) is 23.0 Å². The van der Waals surface area contributed by atoms with Gasteiger partial charge in [0.1, 0.15) is 5.78 Å². The van der Waals surface area contributed by atoms with Crippen molar-refractivity contribution in [2.45, 2.75) is 38.5 Å². The largest absolute Gasteiger partial charge is 0.503 e. The van der Waals surface area contributed by atoms with Crippen LogP contribution in [-0.2, 0) is 14.3 Å². The zero-order chi connectivity index (χ0) is 26.9. The van der Waals surface area contributed by atoms with Crippen molar-refractivity contribution in [3.05, 3.63) is 57.2 Å². The predicted octanol–water partition coefficient (Wildman–Crippen LogP) is 5.32. The highest BCUT2D eigenvalue weighted by Crippen LogP contribution is 2.49. The average molecular weight is 572 g/mol. The highest BCUT2D eigenvalue weighted by Gasteiger charge is 2.46. The molecule has 0 bridgehead atoms. The number of fused-ring (bicyclic) bond motifs is 1. The summed E-state index contributed by atoms with van der Waals surface area (Å²) >= 11 is 3.39. The van der Waals surface area contributed by atoms with Crippen LogP contribution in [0.5, 0.6) is 23.0 Å². The summed E-state index contributed by atoms with van der Waals surface area (Å²) in [6.07, 6.45) is 0.826. The normalized spacial score (nSPS) is 21.2. The number of rotatable bonds is 7. The topological polar surface area (TPSA) is 104 Å². The van der Waals surface area contributed by atoms with Crippen LogP contribution in [0.3, 0.4) is 0 Å². The number of aromatic hydroxyl groups is 1. The number of carbonyl (C=O) groups is 2. The van der Waals surface area contributed by atoms with Crippen molar-refractivity contribution < 1.29 is 33.6 Å². The molecule has 1 aliphatic heterocycles. The van der Waals surface area contributed by atoms with Gasteiger partial charge in [-0.3, -0.25) is 9.79 Å². The minimum Gasteiger partial charge on any atom is -0.503 e. The van der Waals surface area contributed by atoms with Crippen LogP contribution in [0.25, 0.3) is 0 Å². The van der Waals surface area contributed by atoms with E-state index in [0.29, 0.717) is 51.5 Å². The molecule has 3 atom stereocenters. The Bertz CT molecular complexity index is 1300. The Morgan fingerprint density at radius 3 is 2.38 bits per heavy atom. The number of phenolic OH excluding ortho intramolecular Hbond substituents is 1. The van der Waals surface area contributed by atoms with Gasteiger partial charge < -0.3 is 24.1 Å². The summed E-state index contributed by atoms with van der Waals surface area (Å²) in [6.45, 7) is 3.91. The Kier molecular flexibility index (Phi) is 7.92. The lowest BCUT2D eigenvalue weighted by molar-refractivity contribution is -0.136. The minimum absolute atomic E-state index is 0.0224. The van der Waals surface area contributed by atoms with E-state index >= 15 is 0 Å². The Balaban J connectivity index is 1.81. The molecule has 1 aliphatic carbocycles. The van der Waals surface area contributed by atoms with Gasteiger partial charge in [0.15, 0.2) is 23.0 Å². The SMILES string of the molecule is CCOc1cc([C@@H]2C(C(=O)OC)=C(C)N=C3C[C@H](c4ccc(OC)c(OC)c4)CC(=O)C32)cc(Br)c1O. The number of methoxy groups -OCH3 is 3. The summed E-state index contributed by atoms with van der Waals surface area (Å²) in [5.74, 6) is -0.488. The number of nitrogens with zero attached hydrogens (tertiary/aromatic N) is 1. The fraction of sp³-hybridized carbons (Fsp3) is 0.393. The lowest BCUT2D eigenvalue weighted by atomic mass is 9.66. The number of aliphatic imine (C=N–C) groups is 1. The molecule has 196 valence electrons. The lowest BCUT2D eigenvalue weighted by Gasteiger charge is -2.38. The van der Waals surface area contributed by atoms with Crippen LogP contribution in [0.4, 0.5) is 0 Å². The Morgan fingerprint density at radius 1 is 1.03 bits per heavy atom. The molecule has 0 saturated heterocycles. The molecule has 2 aliphatic rings. The average Bonchev–Trinajstić information content (AvgIpc) is 2.89. The van der Waals surface area contributed by atoms with Gasteiger partial charge in [0.2, 0.25) is 0 Å². The second-order valence-electron chi connectivity index (χ2n) is 9.02. The van der Waals surface area contributed by atoms with Crippen LogP contribution < -0.4 is 14.2 Å². The van der Waals surface area contributed by atoms with Crippen LogP contribution in [0.15, 0.2) is 51.1 Å². The molecule has 8 nitrogen and oxygen atoms in total. The monoisotopic (exact) mass is 571 g/mol. The number of carbonyl (C=O) groups excluding carboxylic acids is 2. The first-order valence-corrected chi connectivity index (χ1v) is 12.8. The molecule has 9 heteroatoms. The van der Waals surface area contributed by atoms with Crippen molar-refractivity contribution in [2.75, 3.05) is 27.9 Å². The van der Waals surface area contributed by atoms with E-state index in [-0.39, 0.29) is 29.6 Å². The molecule has 2 aromatic rings. The standard InChI is InChI=1S/C28H30BrNO7/c1-6-37-23-13-17(9-18(29)27(23)32)25-24(28(33)36-5)14(2)30-19-10-16(11-20(31)26(19)25)15-7-8-21(34-3)22(12-15)35-4/h7-9,12-13,16,25-26,32H,6,10-11H2,1-5H3/t16-,25+,26?/m0/s1. The van der Waals surface area contributed by atoms with Crippen LogP contribution in [0, 0.1) is 5.92 Å². The van der Waals surface area contributed by atoms with Gasteiger partial charge in [0.25, 0.3) is 0 Å². The maximum Gasteiger partial charge on any atom is 0.336 e. The number of Topliss-reactive ketones (excluding diaryl/α,β-unsaturated/α-hetero) is 1. The highest BCUT2D eigenvalue weighted by molar-refractivity contribution is 9.10. The molecular formula is C28H30BrNO7. The second-order valence-corrected chi connectivity index (χ2v) is 9.87. The molecule has 4 rings (SSSR count). The maximum absolute atomic E-state index is 13.8. The molecule has 1 fully saturated rings. The number of ether oxygens (including phenoxy) is 4. The summed E-state index contributed by atoms with van der Waals surface area (Å²) in [6, 6.07) is 9.07. The molecule has 0 amide bonds. The van der Waals surface area contributed by atoms with Crippen molar-refractivity contribution in [2.24, 2.45) is 10.9 Å². The number of allylic oxidation sites excluding steroid dienone is 1.